The Kier molecular flexibility index (Phi) is 7.97. The van der Waals surface area contributed by atoms with Gasteiger partial charge in [-0.15, -0.1) is 0 Å². The average molecular weight is 492 g/mol. The maximum atomic E-state index is 13.4. The third-order valence-electron chi connectivity index (χ3n) is 5.46. The molecule has 0 bridgehead atoms. The summed E-state index contributed by atoms with van der Waals surface area (Å²) < 4.78 is 17.4. The number of carbonyl (C=O) groups is 2. The Morgan fingerprint density at radius 3 is 1.67 bits per heavy atom. The molecule has 0 atom stereocenters. The largest absolute Gasteiger partial charge is 0.489 e. The van der Waals surface area contributed by atoms with Crippen LogP contribution >= 0.6 is 0 Å². The predicted octanol–water partition coefficient (Wildman–Crippen LogP) is 6.18. The van der Waals surface area contributed by atoms with Gasteiger partial charge in [-0.05, 0) is 78.6 Å². The molecule has 2 aromatic rings. The quantitative estimate of drug-likeness (QED) is 0.486. The van der Waals surface area contributed by atoms with Crippen molar-refractivity contribution in [1.82, 2.24) is 5.32 Å². The van der Waals surface area contributed by atoms with Gasteiger partial charge >= 0.3 is 11.9 Å². The average Bonchev–Trinajstić information content (AvgIpc) is 2.75. The fourth-order valence-electron chi connectivity index (χ4n) is 4.03. The number of allylic oxidation sites excluding steroid dienone is 2. The van der Waals surface area contributed by atoms with Gasteiger partial charge < -0.3 is 19.5 Å². The van der Waals surface area contributed by atoms with E-state index < -0.39 is 29.1 Å². The fourth-order valence-corrected chi connectivity index (χ4v) is 4.03. The number of ether oxygens (including phenoxy) is 3. The minimum absolute atomic E-state index is 0.384. The summed E-state index contributed by atoms with van der Waals surface area (Å²) in [7, 11) is 0. The van der Waals surface area contributed by atoms with Crippen molar-refractivity contribution in [3.8, 4) is 5.75 Å². The number of dihydropyridines is 1. The van der Waals surface area contributed by atoms with Crippen molar-refractivity contribution in [3.63, 3.8) is 0 Å². The molecule has 1 aliphatic rings. The smallest absolute Gasteiger partial charge is 0.337 e. The van der Waals surface area contributed by atoms with Gasteiger partial charge in [0.25, 0.3) is 0 Å². The van der Waals surface area contributed by atoms with E-state index in [9.17, 15) is 9.59 Å². The Morgan fingerprint density at radius 1 is 0.750 bits per heavy atom. The van der Waals surface area contributed by atoms with E-state index in [0.29, 0.717) is 34.9 Å². The zero-order valence-electron chi connectivity index (χ0n) is 22.5. The van der Waals surface area contributed by atoms with Crippen molar-refractivity contribution in [2.75, 3.05) is 0 Å². The van der Waals surface area contributed by atoms with Gasteiger partial charge in [0.2, 0.25) is 0 Å². The first-order valence-corrected chi connectivity index (χ1v) is 12.2. The second kappa shape index (κ2) is 10.6. The summed E-state index contributed by atoms with van der Waals surface area (Å²) in [5.41, 5.74) is 2.51. The van der Waals surface area contributed by atoms with Crippen LogP contribution in [0.25, 0.3) is 0 Å². The van der Waals surface area contributed by atoms with Gasteiger partial charge in [-0.3, -0.25) is 0 Å². The summed E-state index contributed by atoms with van der Waals surface area (Å²) in [5, 5.41) is 3.20. The minimum Gasteiger partial charge on any atom is -0.489 e. The number of nitrogens with one attached hydrogen (secondary N) is 1. The summed E-state index contributed by atoms with van der Waals surface area (Å²) in [6.45, 7) is 15.0. The van der Waals surface area contributed by atoms with Gasteiger partial charge in [-0.2, -0.15) is 0 Å². The molecule has 2 aromatic carbocycles. The summed E-state index contributed by atoms with van der Waals surface area (Å²) in [5.74, 6) is -0.916. The Labute approximate surface area is 214 Å². The summed E-state index contributed by atoms with van der Waals surface area (Å²) in [6, 6.07) is 17.4. The van der Waals surface area contributed by atoms with Crippen molar-refractivity contribution < 1.29 is 23.8 Å². The fraction of sp³-hybridized carbons (Fsp3) is 0.400. The van der Waals surface area contributed by atoms with E-state index in [0.717, 1.165) is 11.1 Å². The maximum absolute atomic E-state index is 13.4. The highest BCUT2D eigenvalue weighted by molar-refractivity contribution is 6.00. The maximum Gasteiger partial charge on any atom is 0.337 e. The van der Waals surface area contributed by atoms with Gasteiger partial charge in [0, 0.05) is 11.4 Å². The molecule has 1 N–H and O–H groups in total. The number of benzene rings is 2. The van der Waals surface area contributed by atoms with Gasteiger partial charge in [0.05, 0.1) is 17.1 Å². The first kappa shape index (κ1) is 27.1. The SMILES string of the molecule is CC1=C(C(=O)OC(C)(C)C)C(c2ccc(OCc3ccccc3)cc2)C(C(=O)OC(C)(C)C)=C(C)N1. The van der Waals surface area contributed by atoms with Gasteiger partial charge in [0.15, 0.2) is 0 Å². The molecule has 0 aromatic heterocycles. The van der Waals surface area contributed by atoms with Crippen LogP contribution < -0.4 is 10.1 Å². The molecule has 3 rings (SSSR count). The zero-order chi connectivity index (χ0) is 26.7. The minimum atomic E-state index is -0.688. The van der Waals surface area contributed by atoms with E-state index >= 15 is 0 Å². The van der Waals surface area contributed by atoms with Crippen molar-refractivity contribution in [2.45, 2.75) is 79.1 Å². The summed E-state index contributed by atoms with van der Waals surface area (Å²) >= 11 is 0. The van der Waals surface area contributed by atoms with Crippen molar-refractivity contribution in [1.29, 1.82) is 0 Å². The van der Waals surface area contributed by atoms with Crippen LogP contribution in [0.3, 0.4) is 0 Å². The molecule has 36 heavy (non-hydrogen) atoms. The third-order valence-corrected chi connectivity index (χ3v) is 5.46. The van der Waals surface area contributed by atoms with E-state index in [1.165, 1.54) is 0 Å². The van der Waals surface area contributed by atoms with Crippen LogP contribution in [0.15, 0.2) is 77.1 Å². The molecule has 192 valence electrons. The lowest BCUT2D eigenvalue weighted by Gasteiger charge is -2.33. The molecule has 0 saturated carbocycles. The lowest BCUT2D eigenvalue weighted by atomic mass is 9.80. The highest BCUT2D eigenvalue weighted by Gasteiger charge is 2.39. The molecule has 0 fully saturated rings. The van der Waals surface area contributed by atoms with Crippen LogP contribution in [0.4, 0.5) is 0 Å². The highest BCUT2D eigenvalue weighted by Crippen LogP contribution is 2.40. The van der Waals surface area contributed by atoms with Gasteiger partial charge in [-0.25, -0.2) is 9.59 Å². The third kappa shape index (κ3) is 7.00. The highest BCUT2D eigenvalue weighted by atomic mass is 16.6. The first-order valence-electron chi connectivity index (χ1n) is 12.2. The Bertz CT molecular complexity index is 1110. The first-order chi connectivity index (χ1) is 16.7. The molecule has 0 spiro atoms. The molecule has 0 amide bonds. The summed E-state index contributed by atoms with van der Waals surface area (Å²) in [4.78, 5) is 26.7. The van der Waals surface area contributed by atoms with Crippen LogP contribution in [0.2, 0.25) is 0 Å². The van der Waals surface area contributed by atoms with Crippen LogP contribution in [-0.4, -0.2) is 23.1 Å². The monoisotopic (exact) mass is 491 g/mol. The molecule has 1 aliphatic heterocycles. The predicted molar refractivity (Wildman–Crippen MR) is 140 cm³/mol. The molecular formula is C30H37NO5. The lowest BCUT2D eigenvalue weighted by molar-refractivity contribution is -0.150. The molecule has 0 aliphatic carbocycles. The molecule has 0 saturated heterocycles. The van der Waals surface area contributed by atoms with Crippen LogP contribution in [0, 0.1) is 0 Å². The van der Waals surface area contributed by atoms with Crippen LogP contribution in [-0.2, 0) is 25.7 Å². The van der Waals surface area contributed by atoms with E-state index in [1.54, 1.807) is 0 Å². The number of carbonyl (C=O) groups excluding carboxylic acids is 2. The van der Waals surface area contributed by atoms with E-state index in [1.807, 2.05) is 110 Å². The van der Waals surface area contributed by atoms with Crippen LogP contribution in [0.5, 0.6) is 5.75 Å². The topological polar surface area (TPSA) is 73.9 Å². The molecule has 0 radical (unpaired) electrons. The second-order valence-electron chi connectivity index (χ2n) is 11.0. The Morgan fingerprint density at radius 2 is 1.22 bits per heavy atom. The molecule has 6 nitrogen and oxygen atoms in total. The van der Waals surface area contributed by atoms with Gasteiger partial charge in [-0.1, -0.05) is 42.5 Å². The Hall–Kier alpha value is -3.54. The van der Waals surface area contributed by atoms with E-state index in [-0.39, 0.29) is 0 Å². The zero-order valence-corrected chi connectivity index (χ0v) is 22.5. The molecule has 6 heteroatoms. The second-order valence-corrected chi connectivity index (χ2v) is 11.0. The molecule has 1 heterocycles. The van der Waals surface area contributed by atoms with Gasteiger partial charge in [0.1, 0.15) is 23.6 Å². The lowest BCUT2D eigenvalue weighted by Crippen LogP contribution is -2.36. The normalized spacial score (nSPS) is 14.9. The number of hydrogen-bond donors (Lipinski definition) is 1. The molecule has 0 unspecified atom stereocenters. The van der Waals surface area contributed by atoms with E-state index in [4.69, 9.17) is 14.2 Å². The number of hydrogen-bond acceptors (Lipinski definition) is 6. The number of rotatable bonds is 6. The number of esters is 2. The standard InChI is InChI=1S/C30H37NO5/c1-19-24(27(32)35-29(3,4)5)26(25(20(2)31-19)28(33)36-30(6,7)8)22-14-16-23(17-15-22)34-18-21-12-10-9-11-13-21/h9-17,26,31H,18H2,1-8H3. The summed E-state index contributed by atoms with van der Waals surface area (Å²) in [6.07, 6.45) is 0. The van der Waals surface area contributed by atoms with Crippen molar-refractivity contribution in [3.05, 3.63) is 88.3 Å². The Balaban J connectivity index is 1.99. The van der Waals surface area contributed by atoms with Crippen molar-refractivity contribution in [2.24, 2.45) is 0 Å². The van der Waals surface area contributed by atoms with Crippen molar-refractivity contribution >= 4 is 11.9 Å². The van der Waals surface area contributed by atoms with E-state index in [2.05, 4.69) is 5.32 Å². The van der Waals surface area contributed by atoms with Crippen LogP contribution in [0.1, 0.15) is 72.4 Å². The molecular weight excluding hydrogens is 454 g/mol.